The highest BCUT2D eigenvalue weighted by atomic mass is 16.3. The third kappa shape index (κ3) is 4.82. The Hall–Kier alpha value is -3.61. The largest absolute Gasteiger partial charge is 0.506 e. The Balaban J connectivity index is 1.64. The first kappa shape index (κ1) is 20.1. The van der Waals surface area contributed by atoms with Crippen LogP contribution in [-0.2, 0) is 16.1 Å². The van der Waals surface area contributed by atoms with Gasteiger partial charge in [-0.3, -0.25) is 14.4 Å². The van der Waals surface area contributed by atoms with E-state index in [1.54, 1.807) is 4.90 Å². The van der Waals surface area contributed by atoms with Gasteiger partial charge < -0.3 is 20.6 Å². The monoisotopic (exact) mass is 393 g/mol. The summed E-state index contributed by atoms with van der Waals surface area (Å²) >= 11 is 0. The summed E-state index contributed by atoms with van der Waals surface area (Å²) in [6.45, 7) is 6.42. The number of nitrogens with one attached hydrogen (secondary N) is 2. The van der Waals surface area contributed by atoms with Gasteiger partial charge in [-0.05, 0) is 43.2 Å². The van der Waals surface area contributed by atoms with Gasteiger partial charge in [0.2, 0.25) is 11.8 Å². The molecule has 1 aliphatic heterocycles. The Labute approximate surface area is 169 Å². The van der Waals surface area contributed by atoms with E-state index < -0.39 is 17.9 Å². The quantitative estimate of drug-likeness (QED) is 0.518. The molecule has 0 aliphatic carbocycles. The molecule has 3 amide bonds. The van der Waals surface area contributed by atoms with Gasteiger partial charge >= 0.3 is 0 Å². The summed E-state index contributed by atoms with van der Waals surface area (Å²) in [4.78, 5) is 38.4. The first-order valence-corrected chi connectivity index (χ1v) is 9.29. The smallest absolute Gasteiger partial charge is 0.252 e. The molecule has 7 heteroatoms. The molecule has 1 aliphatic rings. The highest BCUT2D eigenvalue weighted by molar-refractivity contribution is 6.02. The van der Waals surface area contributed by atoms with E-state index in [1.807, 2.05) is 31.2 Å². The van der Waals surface area contributed by atoms with Crippen LogP contribution >= 0.6 is 0 Å². The number of benzene rings is 2. The maximum atomic E-state index is 12.7. The number of phenolic OH excluding ortho intramolecular Hbond substituents is 1. The van der Waals surface area contributed by atoms with Crippen molar-refractivity contribution in [3.63, 3.8) is 0 Å². The molecule has 0 saturated carbocycles. The Morgan fingerprint density at radius 2 is 1.97 bits per heavy atom. The van der Waals surface area contributed by atoms with Crippen LogP contribution in [0.2, 0.25) is 0 Å². The average molecular weight is 393 g/mol. The molecule has 0 spiro atoms. The lowest BCUT2D eigenvalue weighted by atomic mass is 10.1. The normalized spacial score (nSPS) is 15.8. The summed E-state index contributed by atoms with van der Waals surface area (Å²) < 4.78 is 0. The number of hydrogen-bond acceptors (Lipinski definition) is 4. The lowest BCUT2D eigenvalue weighted by Gasteiger charge is -2.17. The fourth-order valence-electron chi connectivity index (χ4n) is 3.15. The number of rotatable bonds is 6. The molecule has 0 aromatic heterocycles. The summed E-state index contributed by atoms with van der Waals surface area (Å²) in [5.41, 5.74) is 2.52. The van der Waals surface area contributed by atoms with Gasteiger partial charge in [-0.15, -0.1) is 0 Å². The van der Waals surface area contributed by atoms with Gasteiger partial charge in [-0.2, -0.15) is 0 Å². The van der Waals surface area contributed by atoms with Gasteiger partial charge in [0.15, 0.2) is 0 Å². The first-order chi connectivity index (χ1) is 13.9. The van der Waals surface area contributed by atoms with E-state index in [4.69, 9.17) is 0 Å². The second-order valence-electron chi connectivity index (χ2n) is 6.99. The van der Waals surface area contributed by atoms with E-state index in [2.05, 4.69) is 17.2 Å². The van der Waals surface area contributed by atoms with Crippen LogP contribution in [0.1, 0.15) is 27.9 Å². The average Bonchev–Trinajstić information content (AvgIpc) is 3.04. The van der Waals surface area contributed by atoms with Crippen molar-refractivity contribution < 1.29 is 19.5 Å². The van der Waals surface area contributed by atoms with Gasteiger partial charge in [0.05, 0.1) is 5.69 Å². The summed E-state index contributed by atoms with van der Waals surface area (Å²) in [5, 5.41) is 15.0. The number of aryl methyl sites for hydroxylation is 1. The molecule has 1 heterocycles. The van der Waals surface area contributed by atoms with E-state index in [-0.39, 0.29) is 22.9 Å². The van der Waals surface area contributed by atoms with Crippen LogP contribution in [0.4, 0.5) is 5.69 Å². The van der Waals surface area contributed by atoms with Crippen LogP contribution in [-0.4, -0.2) is 40.3 Å². The fraction of sp³-hybridized carbons (Fsp3) is 0.227. The third-order valence-electron chi connectivity index (χ3n) is 4.80. The molecule has 2 aromatic rings. The van der Waals surface area contributed by atoms with E-state index in [0.29, 0.717) is 19.5 Å². The number of nitrogens with zero attached hydrogens (tertiary/aromatic N) is 1. The van der Waals surface area contributed by atoms with E-state index >= 15 is 0 Å². The molecule has 29 heavy (non-hydrogen) atoms. The van der Waals surface area contributed by atoms with Crippen LogP contribution in [0, 0.1) is 6.92 Å². The predicted octanol–water partition coefficient (Wildman–Crippen LogP) is 2.36. The zero-order valence-electron chi connectivity index (χ0n) is 16.1. The lowest BCUT2D eigenvalue weighted by molar-refractivity contribution is -0.129. The highest BCUT2D eigenvalue weighted by Crippen LogP contribution is 2.24. The summed E-state index contributed by atoms with van der Waals surface area (Å²) in [6, 6.07) is 11.5. The molecular weight excluding hydrogens is 370 g/mol. The van der Waals surface area contributed by atoms with Crippen molar-refractivity contribution in [2.45, 2.75) is 25.9 Å². The number of hydrogen-bond donors (Lipinski definition) is 3. The van der Waals surface area contributed by atoms with Crippen molar-refractivity contribution in [1.82, 2.24) is 10.2 Å². The molecule has 1 unspecified atom stereocenters. The number of carbonyl (C=O) groups is 3. The number of amides is 3. The second-order valence-corrected chi connectivity index (χ2v) is 6.99. The highest BCUT2D eigenvalue weighted by Gasteiger charge is 2.32. The molecule has 0 bridgehead atoms. The van der Waals surface area contributed by atoms with Crippen molar-refractivity contribution in [2.75, 3.05) is 11.9 Å². The molecule has 1 saturated heterocycles. The minimum absolute atomic E-state index is 0.0984. The zero-order valence-corrected chi connectivity index (χ0v) is 16.1. The topological polar surface area (TPSA) is 98.7 Å². The summed E-state index contributed by atoms with van der Waals surface area (Å²) in [5.74, 6) is -1.25. The first-order valence-electron chi connectivity index (χ1n) is 9.29. The standard InChI is InChI=1S/C22H23N3O4/c1-3-20(27)23-18-12-16(8-9-19(18)26)21(28)24-17-10-11-25(22(17)29)13-15-6-4-14(2)5-7-15/h3-9,12,17,26H,1,10-11,13H2,2H3,(H,23,27)(H,24,28). The number of anilines is 1. The van der Waals surface area contributed by atoms with E-state index in [0.717, 1.165) is 17.2 Å². The molecule has 3 N–H and O–H groups in total. The van der Waals surface area contributed by atoms with Crippen LogP contribution < -0.4 is 10.6 Å². The number of likely N-dealkylation sites (tertiary alicyclic amines) is 1. The van der Waals surface area contributed by atoms with Crippen LogP contribution in [0.15, 0.2) is 55.1 Å². The molecule has 3 rings (SSSR count). The van der Waals surface area contributed by atoms with E-state index in [1.165, 1.54) is 18.2 Å². The summed E-state index contributed by atoms with van der Waals surface area (Å²) in [7, 11) is 0. The maximum absolute atomic E-state index is 12.7. The minimum atomic E-state index is -0.604. The van der Waals surface area contributed by atoms with Crippen LogP contribution in [0.5, 0.6) is 5.75 Å². The van der Waals surface area contributed by atoms with Gasteiger partial charge in [0.25, 0.3) is 5.91 Å². The number of carbonyl (C=O) groups excluding carboxylic acids is 3. The Kier molecular flexibility index (Phi) is 5.97. The SMILES string of the molecule is C=CC(=O)Nc1cc(C(=O)NC2CCN(Cc3ccc(C)cc3)C2=O)ccc1O. The predicted molar refractivity (Wildman–Crippen MR) is 109 cm³/mol. The molecule has 150 valence electrons. The molecular formula is C22H23N3O4. The molecule has 7 nitrogen and oxygen atoms in total. The second kappa shape index (κ2) is 8.60. The van der Waals surface area contributed by atoms with Crippen LogP contribution in [0.25, 0.3) is 0 Å². The number of aromatic hydroxyl groups is 1. The lowest BCUT2D eigenvalue weighted by Crippen LogP contribution is -2.41. The minimum Gasteiger partial charge on any atom is -0.506 e. The van der Waals surface area contributed by atoms with Gasteiger partial charge in [0, 0.05) is 18.7 Å². The zero-order chi connectivity index (χ0) is 21.0. The molecule has 0 radical (unpaired) electrons. The summed E-state index contributed by atoms with van der Waals surface area (Å²) in [6.07, 6.45) is 1.58. The Bertz CT molecular complexity index is 953. The molecule has 1 fully saturated rings. The van der Waals surface area contributed by atoms with E-state index in [9.17, 15) is 19.5 Å². The van der Waals surface area contributed by atoms with Gasteiger partial charge in [0.1, 0.15) is 11.8 Å². The Morgan fingerprint density at radius 3 is 2.66 bits per heavy atom. The maximum Gasteiger partial charge on any atom is 0.252 e. The van der Waals surface area contributed by atoms with Gasteiger partial charge in [-0.1, -0.05) is 36.4 Å². The van der Waals surface area contributed by atoms with Crippen molar-refractivity contribution in [3.05, 3.63) is 71.8 Å². The Morgan fingerprint density at radius 1 is 1.24 bits per heavy atom. The number of phenols is 1. The fourth-order valence-corrected chi connectivity index (χ4v) is 3.15. The molecule has 2 aromatic carbocycles. The van der Waals surface area contributed by atoms with Crippen molar-refractivity contribution >= 4 is 23.4 Å². The molecule has 1 atom stereocenters. The van der Waals surface area contributed by atoms with Crippen molar-refractivity contribution in [3.8, 4) is 5.75 Å². The van der Waals surface area contributed by atoms with Gasteiger partial charge in [-0.25, -0.2) is 0 Å². The third-order valence-corrected chi connectivity index (χ3v) is 4.80. The van der Waals surface area contributed by atoms with Crippen molar-refractivity contribution in [2.24, 2.45) is 0 Å². The van der Waals surface area contributed by atoms with Crippen molar-refractivity contribution in [1.29, 1.82) is 0 Å². The van der Waals surface area contributed by atoms with Crippen LogP contribution in [0.3, 0.4) is 0 Å².